The summed E-state index contributed by atoms with van der Waals surface area (Å²) in [7, 11) is 0. The first-order chi connectivity index (χ1) is 14.6. The number of nitrogens with one attached hydrogen (secondary N) is 2. The van der Waals surface area contributed by atoms with E-state index in [1.54, 1.807) is 13.8 Å². The van der Waals surface area contributed by atoms with E-state index in [0.29, 0.717) is 10.7 Å². The molecule has 0 aliphatic heterocycles. The Morgan fingerprint density at radius 1 is 1.13 bits per heavy atom. The maximum Gasteiger partial charge on any atom is 0.335 e. The molecular formula is C21H18Cl2N4O4. The van der Waals surface area contributed by atoms with E-state index in [9.17, 15) is 19.5 Å². The number of amides is 1. The van der Waals surface area contributed by atoms with E-state index < -0.39 is 23.0 Å². The number of rotatable bonds is 4. The van der Waals surface area contributed by atoms with Crippen LogP contribution in [0.2, 0.25) is 10.0 Å². The summed E-state index contributed by atoms with van der Waals surface area (Å²) in [6.45, 7) is 5.49. The lowest BCUT2D eigenvalue weighted by molar-refractivity contribution is 0.0955. The molecule has 0 saturated heterocycles. The first-order valence-electron chi connectivity index (χ1n) is 9.05. The molecule has 8 nitrogen and oxygen atoms in total. The highest BCUT2D eigenvalue weighted by Gasteiger charge is 2.18. The molecular weight excluding hydrogens is 443 g/mol. The number of halogens is 2. The second-order valence-corrected chi connectivity index (χ2v) is 7.75. The Morgan fingerprint density at radius 2 is 1.77 bits per heavy atom. The SMILES string of the molecule is Cc1cc(C)c(-n2c(O)c(C=NNC(=O)c3ccc(Cl)cc3Cl)c(=O)[nH]c2=O)c(C)c1. The number of hydrogen-bond donors (Lipinski definition) is 3. The second-order valence-electron chi connectivity index (χ2n) is 6.90. The maximum absolute atomic E-state index is 12.4. The molecule has 1 aromatic heterocycles. The van der Waals surface area contributed by atoms with E-state index in [4.69, 9.17) is 23.2 Å². The number of hydrogen-bond acceptors (Lipinski definition) is 5. The Bertz CT molecular complexity index is 1320. The fraction of sp³-hybridized carbons (Fsp3) is 0.143. The molecule has 1 heterocycles. The second kappa shape index (κ2) is 8.79. The Balaban J connectivity index is 2.00. The molecule has 0 aliphatic carbocycles. The standard InChI is InChI=1S/C21H18Cl2N4O4/c1-10-6-11(2)17(12(3)7-10)27-20(30)15(18(28)25-21(27)31)9-24-26-19(29)14-5-4-13(22)8-16(14)23/h4-9,30H,1-3H3,(H,26,29)(H,25,28,31). The minimum atomic E-state index is -0.858. The molecule has 0 bridgehead atoms. The molecule has 2 aromatic carbocycles. The lowest BCUT2D eigenvalue weighted by Crippen LogP contribution is -2.32. The Morgan fingerprint density at radius 3 is 2.39 bits per heavy atom. The van der Waals surface area contributed by atoms with E-state index in [-0.39, 0.29) is 16.1 Å². The van der Waals surface area contributed by atoms with Crippen molar-refractivity contribution < 1.29 is 9.90 Å². The maximum atomic E-state index is 12.4. The van der Waals surface area contributed by atoms with Crippen molar-refractivity contribution >= 4 is 35.3 Å². The van der Waals surface area contributed by atoms with E-state index in [0.717, 1.165) is 27.5 Å². The van der Waals surface area contributed by atoms with Crippen LogP contribution in [-0.4, -0.2) is 26.8 Å². The molecule has 0 aliphatic rings. The highest BCUT2D eigenvalue weighted by Crippen LogP contribution is 2.24. The summed E-state index contributed by atoms with van der Waals surface area (Å²) in [5, 5.41) is 14.9. The van der Waals surface area contributed by atoms with Crippen LogP contribution in [0, 0.1) is 20.8 Å². The van der Waals surface area contributed by atoms with E-state index in [1.807, 2.05) is 19.1 Å². The molecule has 31 heavy (non-hydrogen) atoms. The summed E-state index contributed by atoms with van der Waals surface area (Å²) in [6, 6.07) is 8.01. The van der Waals surface area contributed by atoms with E-state index >= 15 is 0 Å². The van der Waals surface area contributed by atoms with Gasteiger partial charge in [-0.15, -0.1) is 0 Å². The van der Waals surface area contributed by atoms with Gasteiger partial charge in [0.15, 0.2) is 0 Å². The van der Waals surface area contributed by atoms with Crippen LogP contribution in [0.25, 0.3) is 5.69 Å². The zero-order valence-electron chi connectivity index (χ0n) is 16.8. The third-order valence-corrected chi connectivity index (χ3v) is 5.06. The van der Waals surface area contributed by atoms with Crippen molar-refractivity contribution in [1.29, 1.82) is 0 Å². The third-order valence-electron chi connectivity index (χ3n) is 4.52. The van der Waals surface area contributed by atoms with Crippen LogP contribution in [-0.2, 0) is 0 Å². The summed E-state index contributed by atoms with van der Waals surface area (Å²) < 4.78 is 0.991. The number of aromatic amines is 1. The van der Waals surface area contributed by atoms with Crippen molar-refractivity contribution in [2.45, 2.75) is 20.8 Å². The number of H-pyrrole nitrogens is 1. The van der Waals surface area contributed by atoms with Gasteiger partial charge in [0, 0.05) is 5.02 Å². The number of aryl methyl sites for hydroxylation is 3. The van der Waals surface area contributed by atoms with Crippen LogP contribution < -0.4 is 16.7 Å². The number of aromatic nitrogens is 2. The van der Waals surface area contributed by atoms with Gasteiger partial charge in [-0.25, -0.2) is 14.8 Å². The van der Waals surface area contributed by atoms with Crippen LogP contribution in [0.3, 0.4) is 0 Å². The zero-order valence-corrected chi connectivity index (χ0v) is 18.3. The molecule has 3 N–H and O–H groups in total. The number of carbonyl (C=O) groups is 1. The van der Waals surface area contributed by atoms with Crippen molar-refractivity contribution in [2.24, 2.45) is 5.10 Å². The summed E-state index contributed by atoms with van der Waals surface area (Å²) in [5.41, 5.74) is 3.27. The lowest BCUT2D eigenvalue weighted by atomic mass is 10.0. The van der Waals surface area contributed by atoms with Crippen LogP contribution >= 0.6 is 23.2 Å². The van der Waals surface area contributed by atoms with Crippen molar-refractivity contribution in [3.8, 4) is 11.6 Å². The highest BCUT2D eigenvalue weighted by molar-refractivity contribution is 6.36. The van der Waals surface area contributed by atoms with Crippen LogP contribution in [0.1, 0.15) is 32.6 Å². The number of aromatic hydroxyl groups is 1. The molecule has 0 saturated carbocycles. The third kappa shape index (κ3) is 4.55. The fourth-order valence-electron chi connectivity index (χ4n) is 3.28. The average Bonchev–Trinajstić information content (AvgIpc) is 2.66. The summed E-state index contributed by atoms with van der Waals surface area (Å²) >= 11 is 11.8. The molecule has 0 unspecified atom stereocenters. The topological polar surface area (TPSA) is 117 Å². The van der Waals surface area contributed by atoms with Gasteiger partial charge in [0.2, 0.25) is 5.88 Å². The normalized spacial score (nSPS) is 11.1. The molecule has 1 amide bonds. The van der Waals surface area contributed by atoms with Gasteiger partial charge < -0.3 is 5.11 Å². The molecule has 0 radical (unpaired) electrons. The number of carbonyl (C=O) groups excluding carboxylic acids is 1. The van der Waals surface area contributed by atoms with Gasteiger partial charge in [-0.05, 0) is 50.1 Å². The van der Waals surface area contributed by atoms with Crippen molar-refractivity contribution in [2.75, 3.05) is 0 Å². The zero-order chi connectivity index (χ0) is 22.9. The molecule has 160 valence electrons. The molecule has 0 spiro atoms. The first kappa shape index (κ1) is 22.3. The molecule has 10 heteroatoms. The van der Waals surface area contributed by atoms with Crippen LogP contribution in [0.15, 0.2) is 45.0 Å². The van der Waals surface area contributed by atoms with E-state index in [2.05, 4.69) is 15.5 Å². The Labute approximate surface area is 186 Å². The van der Waals surface area contributed by atoms with Crippen molar-refractivity contribution in [3.05, 3.63) is 89.0 Å². The minimum Gasteiger partial charge on any atom is -0.493 e. The number of nitrogens with zero attached hydrogens (tertiary/aromatic N) is 2. The summed E-state index contributed by atoms with van der Waals surface area (Å²) in [4.78, 5) is 39.1. The molecule has 3 rings (SSSR count). The monoisotopic (exact) mass is 460 g/mol. The van der Waals surface area contributed by atoms with Gasteiger partial charge in [-0.1, -0.05) is 40.9 Å². The minimum absolute atomic E-state index is 0.122. The first-order valence-corrected chi connectivity index (χ1v) is 9.80. The van der Waals surface area contributed by atoms with E-state index in [1.165, 1.54) is 18.2 Å². The highest BCUT2D eigenvalue weighted by atomic mass is 35.5. The van der Waals surface area contributed by atoms with Gasteiger partial charge in [0.25, 0.3) is 11.5 Å². The molecule has 0 fully saturated rings. The van der Waals surface area contributed by atoms with Crippen LogP contribution in [0.4, 0.5) is 0 Å². The smallest absolute Gasteiger partial charge is 0.335 e. The van der Waals surface area contributed by atoms with Gasteiger partial charge in [-0.3, -0.25) is 14.6 Å². The Hall–Kier alpha value is -3.36. The molecule has 0 atom stereocenters. The van der Waals surface area contributed by atoms with Crippen molar-refractivity contribution in [1.82, 2.24) is 15.0 Å². The quantitative estimate of drug-likeness (QED) is 0.409. The van der Waals surface area contributed by atoms with Gasteiger partial charge in [-0.2, -0.15) is 5.10 Å². The fourth-order valence-corrected chi connectivity index (χ4v) is 3.77. The molecule has 3 aromatic rings. The summed E-state index contributed by atoms with van der Waals surface area (Å²) in [5.74, 6) is -1.25. The summed E-state index contributed by atoms with van der Waals surface area (Å²) in [6.07, 6.45) is 0.949. The number of hydrazone groups is 1. The Kier molecular flexibility index (Phi) is 6.33. The van der Waals surface area contributed by atoms with Gasteiger partial charge >= 0.3 is 5.69 Å². The van der Waals surface area contributed by atoms with Gasteiger partial charge in [0.05, 0.1) is 22.5 Å². The van der Waals surface area contributed by atoms with Crippen LogP contribution in [0.5, 0.6) is 5.88 Å². The van der Waals surface area contributed by atoms with Crippen molar-refractivity contribution in [3.63, 3.8) is 0 Å². The number of benzene rings is 2. The average molecular weight is 461 g/mol. The lowest BCUT2D eigenvalue weighted by Gasteiger charge is -2.15. The largest absolute Gasteiger partial charge is 0.493 e. The predicted molar refractivity (Wildman–Crippen MR) is 120 cm³/mol. The van der Waals surface area contributed by atoms with Gasteiger partial charge in [0.1, 0.15) is 5.56 Å². The predicted octanol–water partition coefficient (Wildman–Crippen LogP) is 3.23.